The Bertz CT molecular complexity index is 710. The number of nitrogens with zero attached hydrogens (tertiary/aromatic N) is 2. The van der Waals surface area contributed by atoms with Crippen LogP contribution < -0.4 is 10.1 Å². The first-order valence-corrected chi connectivity index (χ1v) is 6.22. The van der Waals surface area contributed by atoms with Gasteiger partial charge in [-0.1, -0.05) is 12.1 Å². The number of methoxy groups -OCH3 is 1. The summed E-state index contributed by atoms with van der Waals surface area (Å²) < 4.78 is 5.04. The summed E-state index contributed by atoms with van der Waals surface area (Å²) in [7, 11) is 1.48. The molecule has 0 amide bonds. The molecule has 2 aromatic carbocycles. The van der Waals surface area contributed by atoms with Gasteiger partial charge in [0.05, 0.1) is 23.9 Å². The molecular weight excluding hydrogens is 266 g/mol. The van der Waals surface area contributed by atoms with Gasteiger partial charge >= 0.3 is 0 Å². The lowest BCUT2D eigenvalue weighted by Crippen LogP contribution is -2.03. The van der Waals surface area contributed by atoms with Crippen molar-refractivity contribution in [2.75, 3.05) is 12.4 Å². The Morgan fingerprint density at radius 2 is 1.81 bits per heavy atom. The number of para-hydroxylation sites is 1. The number of phenols is 1. The van der Waals surface area contributed by atoms with Crippen LogP contribution >= 0.6 is 0 Å². The quantitative estimate of drug-likeness (QED) is 0.898. The molecular formula is C16H13N3O2. The monoisotopic (exact) mass is 279 g/mol. The fourth-order valence-electron chi connectivity index (χ4n) is 1.95. The topological polar surface area (TPSA) is 89.1 Å². The lowest BCUT2D eigenvalue weighted by molar-refractivity contribution is 0.373. The van der Waals surface area contributed by atoms with Crippen molar-refractivity contribution >= 4 is 5.69 Å². The summed E-state index contributed by atoms with van der Waals surface area (Å²) in [6.07, 6.45) is 0. The summed E-state index contributed by atoms with van der Waals surface area (Å²) in [6.45, 7) is 0.407. The van der Waals surface area contributed by atoms with E-state index in [0.29, 0.717) is 29.1 Å². The number of aromatic hydroxyl groups is 1. The summed E-state index contributed by atoms with van der Waals surface area (Å²) in [5.74, 6) is 0.444. The molecule has 0 bridgehead atoms. The van der Waals surface area contributed by atoms with Gasteiger partial charge in [0.1, 0.15) is 12.1 Å². The number of nitriles is 2. The fourth-order valence-corrected chi connectivity index (χ4v) is 1.95. The first-order chi connectivity index (χ1) is 10.2. The number of hydrogen-bond acceptors (Lipinski definition) is 5. The molecule has 0 aliphatic carbocycles. The van der Waals surface area contributed by atoms with Crippen LogP contribution in [0.4, 0.5) is 5.69 Å². The molecule has 104 valence electrons. The Labute approximate surface area is 122 Å². The Balaban J connectivity index is 2.25. The van der Waals surface area contributed by atoms with Crippen molar-refractivity contribution < 1.29 is 9.84 Å². The molecule has 5 nitrogen and oxygen atoms in total. The molecule has 0 fully saturated rings. The van der Waals surface area contributed by atoms with E-state index >= 15 is 0 Å². The predicted octanol–water partition coefficient (Wildman–Crippen LogP) is 2.76. The summed E-state index contributed by atoms with van der Waals surface area (Å²) >= 11 is 0. The molecule has 0 spiro atoms. The molecule has 21 heavy (non-hydrogen) atoms. The Morgan fingerprint density at radius 1 is 1.14 bits per heavy atom. The zero-order chi connectivity index (χ0) is 15.2. The van der Waals surface area contributed by atoms with Gasteiger partial charge in [-0.15, -0.1) is 0 Å². The van der Waals surface area contributed by atoms with E-state index in [1.165, 1.54) is 13.2 Å². The third-order valence-electron chi connectivity index (χ3n) is 3.02. The van der Waals surface area contributed by atoms with Gasteiger partial charge in [0.25, 0.3) is 0 Å². The third-order valence-corrected chi connectivity index (χ3v) is 3.02. The van der Waals surface area contributed by atoms with Crippen LogP contribution in [0.2, 0.25) is 0 Å². The van der Waals surface area contributed by atoms with Crippen molar-refractivity contribution in [1.29, 1.82) is 10.5 Å². The van der Waals surface area contributed by atoms with Crippen LogP contribution in [0.5, 0.6) is 11.5 Å². The van der Waals surface area contributed by atoms with Crippen molar-refractivity contribution in [3.8, 4) is 23.6 Å². The summed E-state index contributed by atoms with van der Waals surface area (Å²) in [5, 5.41) is 30.8. The van der Waals surface area contributed by atoms with E-state index in [1.807, 2.05) is 0 Å². The number of ether oxygens (including phenoxy) is 1. The molecule has 2 aromatic rings. The van der Waals surface area contributed by atoms with E-state index < -0.39 is 0 Å². The molecule has 2 rings (SSSR count). The number of phenolic OH excluding ortho intramolecular Hbond substituents is 1. The highest BCUT2D eigenvalue weighted by molar-refractivity contribution is 5.66. The zero-order valence-electron chi connectivity index (χ0n) is 11.4. The van der Waals surface area contributed by atoms with Gasteiger partial charge in [0.2, 0.25) is 0 Å². The second-order valence-corrected chi connectivity index (χ2v) is 4.31. The Hall–Kier alpha value is -3.18. The van der Waals surface area contributed by atoms with E-state index in [-0.39, 0.29) is 5.75 Å². The van der Waals surface area contributed by atoms with Gasteiger partial charge in [0, 0.05) is 6.54 Å². The number of rotatable bonds is 4. The standard InChI is InChI=1S/C16H13N3O2/c1-21-15-7-11(5-6-14(15)20)10-19-16-12(8-17)3-2-4-13(16)9-18/h2-7,19-20H,10H2,1H3. The smallest absolute Gasteiger partial charge is 0.160 e. The summed E-state index contributed by atoms with van der Waals surface area (Å²) in [4.78, 5) is 0. The minimum absolute atomic E-state index is 0.0661. The highest BCUT2D eigenvalue weighted by Crippen LogP contribution is 2.27. The first kappa shape index (κ1) is 14.2. The van der Waals surface area contributed by atoms with Gasteiger partial charge in [0.15, 0.2) is 11.5 Å². The van der Waals surface area contributed by atoms with Gasteiger partial charge in [-0.2, -0.15) is 10.5 Å². The molecule has 0 aliphatic rings. The van der Waals surface area contributed by atoms with Crippen molar-refractivity contribution in [2.24, 2.45) is 0 Å². The van der Waals surface area contributed by atoms with Gasteiger partial charge in [-0.3, -0.25) is 0 Å². The highest BCUT2D eigenvalue weighted by Gasteiger charge is 2.08. The average molecular weight is 279 g/mol. The molecule has 2 N–H and O–H groups in total. The molecule has 5 heteroatoms. The van der Waals surface area contributed by atoms with Crippen molar-refractivity contribution in [3.63, 3.8) is 0 Å². The van der Waals surface area contributed by atoms with E-state index in [1.54, 1.807) is 30.3 Å². The third kappa shape index (κ3) is 3.05. The molecule has 0 radical (unpaired) electrons. The van der Waals surface area contributed by atoms with E-state index in [2.05, 4.69) is 17.5 Å². The summed E-state index contributed by atoms with van der Waals surface area (Å²) in [5.41, 5.74) is 2.20. The zero-order valence-corrected chi connectivity index (χ0v) is 11.4. The molecule has 0 saturated carbocycles. The number of nitrogens with one attached hydrogen (secondary N) is 1. The minimum atomic E-state index is 0.0661. The predicted molar refractivity (Wildman–Crippen MR) is 77.9 cm³/mol. The largest absolute Gasteiger partial charge is 0.504 e. The van der Waals surface area contributed by atoms with Crippen LogP contribution in [-0.2, 0) is 6.54 Å². The van der Waals surface area contributed by atoms with Crippen LogP contribution in [0.3, 0.4) is 0 Å². The van der Waals surface area contributed by atoms with Crippen LogP contribution in [0.25, 0.3) is 0 Å². The van der Waals surface area contributed by atoms with Gasteiger partial charge in [-0.05, 0) is 29.8 Å². The van der Waals surface area contributed by atoms with Crippen LogP contribution in [0, 0.1) is 22.7 Å². The lowest BCUT2D eigenvalue weighted by atomic mass is 10.1. The average Bonchev–Trinajstić information content (AvgIpc) is 2.53. The molecule has 0 saturated heterocycles. The molecule has 0 atom stereocenters. The second-order valence-electron chi connectivity index (χ2n) is 4.31. The Morgan fingerprint density at radius 3 is 2.38 bits per heavy atom. The van der Waals surface area contributed by atoms with Crippen molar-refractivity contribution in [3.05, 3.63) is 53.1 Å². The van der Waals surface area contributed by atoms with Crippen molar-refractivity contribution in [1.82, 2.24) is 0 Å². The Kier molecular flexibility index (Phi) is 4.28. The first-order valence-electron chi connectivity index (χ1n) is 6.22. The molecule has 0 heterocycles. The van der Waals surface area contributed by atoms with Gasteiger partial charge < -0.3 is 15.2 Å². The van der Waals surface area contributed by atoms with Crippen LogP contribution in [-0.4, -0.2) is 12.2 Å². The maximum atomic E-state index is 9.55. The normalized spacial score (nSPS) is 9.48. The van der Waals surface area contributed by atoms with E-state index in [4.69, 9.17) is 15.3 Å². The van der Waals surface area contributed by atoms with E-state index in [0.717, 1.165) is 5.56 Å². The maximum Gasteiger partial charge on any atom is 0.160 e. The number of hydrogen-bond donors (Lipinski definition) is 2. The molecule has 0 aliphatic heterocycles. The molecule has 0 unspecified atom stereocenters. The number of benzene rings is 2. The second kappa shape index (κ2) is 6.31. The van der Waals surface area contributed by atoms with Crippen LogP contribution in [0.1, 0.15) is 16.7 Å². The van der Waals surface area contributed by atoms with Crippen LogP contribution in [0.15, 0.2) is 36.4 Å². The van der Waals surface area contributed by atoms with Crippen molar-refractivity contribution in [2.45, 2.75) is 6.54 Å². The maximum absolute atomic E-state index is 9.55. The van der Waals surface area contributed by atoms with E-state index in [9.17, 15) is 5.11 Å². The fraction of sp³-hybridized carbons (Fsp3) is 0.125. The SMILES string of the molecule is COc1cc(CNc2c(C#N)cccc2C#N)ccc1O. The minimum Gasteiger partial charge on any atom is -0.504 e. The molecule has 0 aromatic heterocycles. The highest BCUT2D eigenvalue weighted by atomic mass is 16.5. The summed E-state index contributed by atoms with van der Waals surface area (Å²) in [6, 6.07) is 14.1. The number of anilines is 1. The lowest BCUT2D eigenvalue weighted by Gasteiger charge is -2.11. The van der Waals surface area contributed by atoms with Gasteiger partial charge in [-0.25, -0.2) is 0 Å².